The minimum absolute atomic E-state index is 0.123. The Morgan fingerprint density at radius 1 is 1.00 bits per heavy atom. The Bertz CT molecular complexity index is 722. The summed E-state index contributed by atoms with van der Waals surface area (Å²) in [5.74, 6) is -4.14. The molecule has 1 aromatic carbocycles. The molecule has 1 saturated heterocycles. The Morgan fingerprint density at radius 3 is 2.14 bits per heavy atom. The van der Waals surface area contributed by atoms with Gasteiger partial charge in [0.2, 0.25) is 6.04 Å². The number of carboxylic acid groups (broad SMARTS) is 2. The third kappa shape index (κ3) is 5.73. The summed E-state index contributed by atoms with van der Waals surface area (Å²) in [6.07, 6.45) is -3.10. The summed E-state index contributed by atoms with van der Waals surface area (Å²) < 4.78 is 5.54. The molecule has 29 heavy (non-hydrogen) atoms. The van der Waals surface area contributed by atoms with Crippen LogP contribution in [0.25, 0.3) is 0 Å². The van der Waals surface area contributed by atoms with Crippen molar-refractivity contribution >= 4 is 17.8 Å². The second-order valence-corrected chi connectivity index (χ2v) is 7.02. The maximum Gasteiger partial charge on any atom is 0.338 e. The lowest BCUT2D eigenvalue weighted by atomic mass is 9.92. The molecule has 1 amide bonds. The molecule has 0 aliphatic carbocycles. The summed E-state index contributed by atoms with van der Waals surface area (Å²) in [4.78, 5) is 33.7. The molecule has 1 fully saturated rings. The number of amides is 1. The molecule has 1 aliphatic rings. The summed E-state index contributed by atoms with van der Waals surface area (Å²) in [6.45, 7) is 1.62. The molecule has 0 spiro atoms. The van der Waals surface area contributed by atoms with Crippen molar-refractivity contribution in [3.8, 4) is 0 Å². The van der Waals surface area contributed by atoms with Crippen LogP contribution < -0.4 is 5.32 Å². The predicted molar refractivity (Wildman–Crippen MR) is 98.3 cm³/mol. The average molecular weight is 411 g/mol. The summed E-state index contributed by atoms with van der Waals surface area (Å²) in [6, 6.07) is 4.20. The number of rotatable bonds is 8. The molecular weight excluding hydrogens is 386 g/mol. The highest BCUT2D eigenvalue weighted by Gasteiger charge is 2.41. The lowest BCUT2D eigenvalue weighted by Gasteiger charge is -2.39. The van der Waals surface area contributed by atoms with Gasteiger partial charge in [-0.2, -0.15) is 0 Å². The van der Waals surface area contributed by atoms with E-state index >= 15 is 0 Å². The van der Waals surface area contributed by atoms with Gasteiger partial charge in [0.25, 0.3) is 5.91 Å². The Labute approximate surface area is 166 Å². The lowest BCUT2D eigenvalue weighted by Crippen LogP contribution is -2.56. The van der Waals surface area contributed by atoms with Crippen molar-refractivity contribution in [2.75, 3.05) is 0 Å². The first-order valence-corrected chi connectivity index (χ1v) is 9.17. The Morgan fingerprint density at radius 2 is 1.59 bits per heavy atom. The fraction of sp³-hybridized carbons (Fsp3) is 0.526. The van der Waals surface area contributed by atoms with Gasteiger partial charge in [-0.3, -0.25) is 4.79 Å². The molecular formula is C19H25NO9. The molecule has 0 aromatic heterocycles. The second-order valence-electron chi connectivity index (χ2n) is 7.02. The minimum atomic E-state index is -2.03. The molecule has 6 N–H and O–H groups in total. The molecule has 0 saturated carbocycles. The van der Waals surface area contributed by atoms with Crippen LogP contribution in [0.15, 0.2) is 24.3 Å². The lowest BCUT2D eigenvalue weighted by molar-refractivity contribution is -0.218. The predicted octanol–water partition coefficient (Wildman–Crippen LogP) is -0.853. The van der Waals surface area contributed by atoms with Crippen LogP contribution in [-0.2, 0) is 20.7 Å². The number of hydrogen-bond donors (Lipinski definition) is 6. The number of nitrogens with one attached hydrogen (secondary N) is 1. The number of benzene rings is 1. The van der Waals surface area contributed by atoms with Gasteiger partial charge in [-0.05, 0) is 43.9 Å². The van der Waals surface area contributed by atoms with Gasteiger partial charge in [-0.1, -0.05) is 12.1 Å². The van der Waals surface area contributed by atoms with E-state index < -0.39 is 54.4 Å². The van der Waals surface area contributed by atoms with Crippen LogP contribution >= 0.6 is 0 Å². The monoisotopic (exact) mass is 411 g/mol. The van der Waals surface area contributed by atoms with E-state index in [0.717, 1.165) is 5.56 Å². The van der Waals surface area contributed by atoms with Crippen LogP contribution in [0.5, 0.6) is 0 Å². The summed E-state index contributed by atoms with van der Waals surface area (Å²) in [7, 11) is 0. The largest absolute Gasteiger partial charge is 0.479 e. The quantitative estimate of drug-likeness (QED) is 0.298. The van der Waals surface area contributed by atoms with Gasteiger partial charge >= 0.3 is 11.9 Å². The van der Waals surface area contributed by atoms with Crippen molar-refractivity contribution in [1.29, 1.82) is 0 Å². The highest BCUT2D eigenvalue weighted by molar-refractivity contribution is 6.04. The SMILES string of the molecule is CC1O[C@@H](CCCc2ccc(C(=O)NC(C(=O)O)C(=O)O)cc2)C(O)[C@H](O)[C@H]1O. The fourth-order valence-electron chi connectivity index (χ4n) is 3.15. The Hall–Kier alpha value is -2.53. The summed E-state index contributed by atoms with van der Waals surface area (Å²) in [5, 5.41) is 49.1. The van der Waals surface area contributed by atoms with Gasteiger partial charge in [0.05, 0.1) is 12.2 Å². The van der Waals surface area contributed by atoms with Crippen molar-refractivity contribution in [3.05, 3.63) is 35.4 Å². The number of aliphatic hydroxyl groups is 3. The van der Waals surface area contributed by atoms with Gasteiger partial charge in [-0.25, -0.2) is 9.59 Å². The van der Waals surface area contributed by atoms with E-state index in [1.165, 1.54) is 12.1 Å². The van der Waals surface area contributed by atoms with Gasteiger partial charge in [0.1, 0.15) is 18.3 Å². The first-order chi connectivity index (χ1) is 13.6. The molecule has 10 heteroatoms. The molecule has 1 heterocycles. The van der Waals surface area contributed by atoms with Crippen LogP contribution in [0.1, 0.15) is 35.7 Å². The molecule has 1 aliphatic heterocycles. The van der Waals surface area contributed by atoms with Crippen LogP contribution in [0, 0.1) is 0 Å². The van der Waals surface area contributed by atoms with Gasteiger partial charge in [0.15, 0.2) is 0 Å². The molecule has 0 bridgehead atoms. The van der Waals surface area contributed by atoms with E-state index in [-0.39, 0.29) is 5.56 Å². The second kappa shape index (κ2) is 9.79. The number of aliphatic carboxylic acids is 2. The number of aliphatic hydroxyl groups excluding tert-OH is 3. The topological polar surface area (TPSA) is 174 Å². The maximum atomic E-state index is 12.0. The van der Waals surface area contributed by atoms with Crippen LogP contribution in [-0.4, -0.2) is 79.9 Å². The number of carboxylic acids is 2. The zero-order valence-corrected chi connectivity index (χ0v) is 15.8. The van der Waals surface area contributed by atoms with Gasteiger partial charge in [-0.15, -0.1) is 0 Å². The highest BCUT2D eigenvalue weighted by atomic mass is 16.5. The molecule has 2 rings (SSSR count). The maximum absolute atomic E-state index is 12.0. The van der Waals surface area contributed by atoms with Crippen LogP contribution in [0.2, 0.25) is 0 Å². The standard InChI is InChI=1S/C19H25NO9/c1-9-14(21)16(23)15(22)12(29-9)4-2-3-10-5-7-11(8-6-10)17(24)20-13(18(25)26)19(27)28/h5-9,12-16,21-23H,2-4H2,1H3,(H,20,24)(H,25,26)(H,27,28)/t9?,12-,14-,15?,16+/m0/s1. The summed E-state index contributed by atoms with van der Waals surface area (Å²) in [5.41, 5.74) is 0.992. The Kier molecular flexibility index (Phi) is 7.68. The van der Waals surface area contributed by atoms with Gasteiger partial charge in [0, 0.05) is 5.56 Å². The third-order valence-corrected chi connectivity index (χ3v) is 4.89. The Balaban J connectivity index is 1.87. The smallest absolute Gasteiger partial charge is 0.338 e. The molecule has 10 nitrogen and oxygen atoms in total. The molecule has 2 unspecified atom stereocenters. The van der Waals surface area contributed by atoms with E-state index in [4.69, 9.17) is 14.9 Å². The van der Waals surface area contributed by atoms with Gasteiger partial charge < -0.3 is 35.6 Å². The first kappa shape index (κ1) is 22.8. The number of aryl methyl sites for hydroxylation is 1. The minimum Gasteiger partial charge on any atom is -0.479 e. The van der Waals surface area contributed by atoms with E-state index in [1.54, 1.807) is 19.1 Å². The molecule has 160 valence electrons. The fourth-order valence-corrected chi connectivity index (χ4v) is 3.15. The third-order valence-electron chi connectivity index (χ3n) is 4.89. The van der Waals surface area contributed by atoms with Crippen molar-refractivity contribution < 1.29 is 44.7 Å². The number of hydrogen-bond acceptors (Lipinski definition) is 7. The zero-order chi connectivity index (χ0) is 21.7. The number of ether oxygens (including phenoxy) is 1. The van der Waals surface area contributed by atoms with E-state index in [9.17, 15) is 29.7 Å². The van der Waals surface area contributed by atoms with Crippen molar-refractivity contribution in [3.63, 3.8) is 0 Å². The van der Waals surface area contributed by atoms with Crippen molar-refractivity contribution in [2.45, 2.75) is 62.7 Å². The molecule has 0 radical (unpaired) electrons. The summed E-state index contributed by atoms with van der Waals surface area (Å²) >= 11 is 0. The van der Waals surface area contributed by atoms with E-state index in [2.05, 4.69) is 0 Å². The molecule has 5 atom stereocenters. The number of carbonyl (C=O) groups is 3. The van der Waals surface area contributed by atoms with Crippen LogP contribution in [0.4, 0.5) is 0 Å². The normalized spacial score (nSPS) is 26.9. The van der Waals surface area contributed by atoms with E-state index in [1.807, 2.05) is 5.32 Å². The first-order valence-electron chi connectivity index (χ1n) is 9.17. The van der Waals surface area contributed by atoms with Crippen molar-refractivity contribution in [2.24, 2.45) is 0 Å². The van der Waals surface area contributed by atoms with Crippen molar-refractivity contribution in [1.82, 2.24) is 5.32 Å². The number of carbonyl (C=O) groups excluding carboxylic acids is 1. The average Bonchev–Trinajstić information content (AvgIpc) is 2.68. The highest BCUT2D eigenvalue weighted by Crippen LogP contribution is 2.24. The molecule has 1 aromatic rings. The van der Waals surface area contributed by atoms with E-state index in [0.29, 0.717) is 19.3 Å². The van der Waals surface area contributed by atoms with Crippen LogP contribution in [0.3, 0.4) is 0 Å². The zero-order valence-electron chi connectivity index (χ0n) is 15.8.